The third-order valence-electron chi connectivity index (χ3n) is 1.95. The van der Waals surface area contributed by atoms with Crippen LogP contribution in [0.3, 0.4) is 0 Å². The highest BCUT2D eigenvalue weighted by Gasteiger charge is 2.08. The van der Waals surface area contributed by atoms with Crippen LogP contribution in [-0.4, -0.2) is 23.9 Å². The lowest BCUT2D eigenvalue weighted by atomic mass is 10.2. The molecular weight excluding hydrogens is 162 g/mol. The van der Waals surface area contributed by atoms with E-state index in [1.807, 2.05) is 4.90 Å². The van der Waals surface area contributed by atoms with Gasteiger partial charge in [0.15, 0.2) is 5.96 Å². The van der Waals surface area contributed by atoms with Crippen LogP contribution in [0.25, 0.3) is 0 Å². The van der Waals surface area contributed by atoms with E-state index in [1.165, 1.54) is 25.7 Å². The smallest absolute Gasteiger partial charge is 0.188 e. The van der Waals surface area contributed by atoms with Gasteiger partial charge in [-0.2, -0.15) is 0 Å². The van der Waals surface area contributed by atoms with Crippen molar-refractivity contribution < 1.29 is 0 Å². The number of rotatable bonds is 0. The summed E-state index contributed by atoms with van der Waals surface area (Å²) in [5.74, 6) is 0.238. The number of guanidine groups is 1. The van der Waals surface area contributed by atoms with Gasteiger partial charge < -0.3 is 10.6 Å². The summed E-state index contributed by atoms with van der Waals surface area (Å²) in [6, 6.07) is 0. The highest BCUT2D eigenvalue weighted by molar-refractivity contribution is 5.85. The van der Waals surface area contributed by atoms with E-state index >= 15 is 0 Å². The van der Waals surface area contributed by atoms with Gasteiger partial charge in [0.25, 0.3) is 0 Å². The molecule has 11 heavy (non-hydrogen) atoms. The standard InChI is InChI=1S/C7H15N3.ClH/c8-7(9)10-5-3-1-2-4-6-10;/h1-6H2,(H3,8,9);1H. The van der Waals surface area contributed by atoms with Crippen LogP contribution >= 0.6 is 12.4 Å². The average Bonchev–Trinajstić information content (AvgIpc) is 2.12. The Balaban J connectivity index is 0.000001000. The number of nitrogens with one attached hydrogen (secondary N) is 1. The van der Waals surface area contributed by atoms with E-state index in [0.717, 1.165) is 13.1 Å². The highest BCUT2D eigenvalue weighted by Crippen LogP contribution is 2.08. The normalized spacial score (nSPS) is 18.4. The summed E-state index contributed by atoms with van der Waals surface area (Å²) < 4.78 is 0. The summed E-state index contributed by atoms with van der Waals surface area (Å²) in [5, 5.41) is 7.19. The highest BCUT2D eigenvalue weighted by atomic mass is 35.5. The molecule has 0 bridgehead atoms. The first kappa shape index (κ1) is 10.6. The predicted octanol–water partition coefficient (Wildman–Crippen LogP) is 1.18. The molecular formula is C7H16ClN3. The third kappa shape index (κ3) is 3.46. The first-order chi connectivity index (χ1) is 4.80. The van der Waals surface area contributed by atoms with E-state index in [-0.39, 0.29) is 18.4 Å². The van der Waals surface area contributed by atoms with Gasteiger partial charge in [-0.25, -0.2) is 0 Å². The van der Waals surface area contributed by atoms with Crippen molar-refractivity contribution in [1.82, 2.24) is 4.90 Å². The minimum atomic E-state index is 0. The number of hydrogen-bond donors (Lipinski definition) is 2. The Morgan fingerprint density at radius 1 is 1.09 bits per heavy atom. The zero-order chi connectivity index (χ0) is 7.40. The largest absolute Gasteiger partial charge is 0.370 e. The first-order valence-corrected chi connectivity index (χ1v) is 3.89. The number of nitrogens with two attached hydrogens (primary N) is 1. The van der Waals surface area contributed by atoms with Gasteiger partial charge in [-0.05, 0) is 12.8 Å². The van der Waals surface area contributed by atoms with E-state index < -0.39 is 0 Å². The molecule has 0 saturated carbocycles. The average molecular weight is 178 g/mol. The Kier molecular flexibility index (Phi) is 5.03. The Hall–Kier alpha value is -0.440. The fourth-order valence-corrected chi connectivity index (χ4v) is 1.31. The van der Waals surface area contributed by atoms with Crippen molar-refractivity contribution in [3.05, 3.63) is 0 Å². The molecule has 0 aromatic rings. The quantitative estimate of drug-likeness (QED) is 0.431. The molecule has 0 atom stereocenters. The van der Waals surface area contributed by atoms with Crippen LogP contribution < -0.4 is 5.73 Å². The number of halogens is 1. The fraction of sp³-hybridized carbons (Fsp3) is 0.857. The molecule has 1 rings (SSSR count). The molecule has 0 spiro atoms. The maximum absolute atomic E-state index is 7.19. The van der Waals surface area contributed by atoms with Crippen LogP contribution in [0.1, 0.15) is 25.7 Å². The Morgan fingerprint density at radius 2 is 1.55 bits per heavy atom. The second-order valence-electron chi connectivity index (χ2n) is 2.79. The summed E-state index contributed by atoms with van der Waals surface area (Å²) in [5.41, 5.74) is 5.35. The molecule has 1 heterocycles. The minimum Gasteiger partial charge on any atom is -0.370 e. The van der Waals surface area contributed by atoms with E-state index in [0.29, 0.717) is 0 Å². The van der Waals surface area contributed by atoms with Crippen molar-refractivity contribution in [3.8, 4) is 0 Å². The van der Waals surface area contributed by atoms with Gasteiger partial charge in [-0.1, -0.05) is 12.8 Å². The molecule has 0 aromatic carbocycles. The molecule has 0 aliphatic carbocycles. The molecule has 1 saturated heterocycles. The van der Waals surface area contributed by atoms with E-state index in [1.54, 1.807) is 0 Å². The third-order valence-corrected chi connectivity index (χ3v) is 1.95. The summed E-state index contributed by atoms with van der Waals surface area (Å²) in [6.07, 6.45) is 4.98. The van der Waals surface area contributed by atoms with Gasteiger partial charge in [0.05, 0.1) is 0 Å². The van der Waals surface area contributed by atoms with Gasteiger partial charge in [0.1, 0.15) is 0 Å². The molecule has 0 aromatic heterocycles. The van der Waals surface area contributed by atoms with Crippen LogP contribution in [0.2, 0.25) is 0 Å². The van der Waals surface area contributed by atoms with Crippen molar-refractivity contribution in [3.63, 3.8) is 0 Å². The van der Waals surface area contributed by atoms with Crippen molar-refractivity contribution in [2.45, 2.75) is 25.7 Å². The minimum absolute atomic E-state index is 0. The Labute approximate surface area is 73.9 Å². The zero-order valence-electron chi connectivity index (χ0n) is 6.68. The SMILES string of the molecule is Cl.N=C(N)N1CCCCCC1. The second kappa shape index (κ2) is 5.24. The summed E-state index contributed by atoms with van der Waals surface area (Å²) in [4.78, 5) is 1.95. The predicted molar refractivity (Wildman–Crippen MR) is 49.2 cm³/mol. The van der Waals surface area contributed by atoms with Crippen LogP contribution in [0.15, 0.2) is 0 Å². The van der Waals surface area contributed by atoms with Gasteiger partial charge >= 0.3 is 0 Å². The maximum Gasteiger partial charge on any atom is 0.188 e. The van der Waals surface area contributed by atoms with Crippen molar-refractivity contribution in [1.29, 1.82) is 5.41 Å². The molecule has 0 unspecified atom stereocenters. The van der Waals surface area contributed by atoms with E-state index in [4.69, 9.17) is 11.1 Å². The van der Waals surface area contributed by atoms with Gasteiger partial charge in [-0.3, -0.25) is 5.41 Å². The molecule has 1 aliphatic heterocycles. The Morgan fingerprint density at radius 3 is 1.91 bits per heavy atom. The summed E-state index contributed by atoms with van der Waals surface area (Å²) in [6.45, 7) is 1.96. The molecule has 4 heteroatoms. The summed E-state index contributed by atoms with van der Waals surface area (Å²) >= 11 is 0. The lowest BCUT2D eigenvalue weighted by molar-refractivity contribution is 0.427. The van der Waals surface area contributed by atoms with Crippen molar-refractivity contribution >= 4 is 18.4 Å². The zero-order valence-corrected chi connectivity index (χ0v) is 7.49. The topological polar surface area (TPSA) is 53.1 Å². The monoisotopic (exact) mass is 177 g/mol. The molecule has 1 fully saturated rings. The van der Waals surface area contributed by atoms with Gasteiger partial charge in [-0.15, -0.1) is 12.4 Å². The molecule has 1 aliphatic rings. The fourth-order valence-electron chi connectivity index (χ4n) is 1.31. The second-order valence-corrected chi connectivity index (χ2v) is 2.79. The van der Waals surface area contributed by atoms with Crippen LogP contribution in [0.4, 0.5) is 0 Å². The number of nitrogens with zero attached hydrogens (tertiary/aromatic N) is 1. The van der Waals surface area contributed by atoms with Crippen LogP contribution in [0, 0.1) is 5.41 Å². The van der Waals surface area contributed by atoms with E-state index in [2.05, 4.69) is 0 Å². The van der Waals surface area contributed by atoms with Gasteiger partial charge in [0.2, 0.25) is 0 Å². The van der Waals surface area contributed by atoms with Crippen LogP contribution in [-0.2, 0) is 0 Å². The molecule has 3 nitrogen and oxygen atoms in total. The molecule has 0 amide bonds. The number of hydrogen-bond acceptors (Lipinski definition) is 1. The number of likely N-dealkylation sites (tertiary alicyclic amines) is 1. The van der Waals surface area contributed by atoms with Gasteiger partial charge in [0, 0.05) is 13.1 Å². The molecule has 0 radical (unpaired) electrons. The van der Waals surface area contributed by atoms with E-state index in [9.17, 15) is 0 Å². The van der Waals surface area contributed by atoms with Crippen molar-refractivity contribution in [2.24, 2.45) is 5.73 Å². The lowest BCUT2D eigenvalue weighted by Gasteiger charge is -2.19. The van der Waals surface area contributed by atoms with Crippen molar-refractivity contribution in [2.75, 3.05) is 13.1 Å². The maximum atomic E-state index is 7.19. The first-order valence-electron chi connectivity index (χ1n) is 3.89. The Bertz CT molecular complexity index is 119. The lowest BCUT2D eigenvalue weighted by Crippen LogP contribution is -2.36. The summed E-state index contributed by atoms with van der Waals surface area (Å²) in [7, 11) is 0. The molecule has 3 N–H and O–H groups in total. The van der Waals surface area contributed by atoms with Crippen LogP contribution in [0.5, 0.6) is 0 Å². The molecule has 66 valence electrons.